The van der Waals surface area contributed by atoms with Crippen LogP contribution in [0.3, 0.4) is 0 Å². The molecule has 2 heterocycles. The highest BCUT2D eigenvalue weighted by atomic mass is 35.5. The second kappa shape index (κ2) is 7.79. The van der Waals surface area contributed by atoms with Crippen LogP contribution < -0.4 is 22.2 Å². The number of benzene rings is 1. The first-order valence-electron chi connectivity index (χ1n) is 8.18. The first kappa shape index (κ1) is 17.8. The van der Waals surface area contributed by atoms with Crippen LogP contribution in [0.25, 0.3) is 10.9 Å². The van der Waals surface area contributed by atoms with Crippen LogP contribution in [0.2, 0.25) is 0 Å². The monoisotopic (exact) mass is 334 g/mol. The molecule has 1 aliphatic heterocycles. The Hall–Kier alpha value is -1.59. The predicted molar refractivity (Wildman–Crippen MR) is 92.8 cm³/mol. The Kier molecular flexibility index (Phi) is 6.02. The molecule has 0 atom stereocenters. The zero-order chi connectivity index (χ0) is 15.5. The molecule has 0 amide bonds. The molecule has 0 bridgehead atoms. The van der Waals surface area contributed by atoms with Gasteiger partial charge in [-0.15, -0.1) is 0 Å². The van der Waals surface area contributed by atoms with Crippen molar-refractivity contribution in [2.24, 2.45) is 0 Å². The third-order valence-electron chi connectivity index (χ3n) is 4.42. The summed E-state index contributed by atoms with van der Waals surface area (Å²) >= 11 is 0. The molecule has 0 spiro atoms. The summed E-state index contributed by atoms with van der Waals surface area (Å²) in [4.78, 5) is 16.7. The van der Waals surface area contributed by atoms with E-state index in [4.69, 9.17) is 9.97 Å². The SMILES string of the molecule is CCN(CC)c1nc(N2CCN(C)CC2)nc2ccccc12.[Cl-]. The van der Waals surface area contributed by atoms with Crippen LogP contribution in [0.1, 0.15) is 13.8 Å². The molecule has 0 saturated carbocycles. The molecule has 6 heteroatoms. The Labute approximate surface area is 144 Å². The summed E-state index contributed by atoms with van der Waals surface area (Å²) in [6.45, 7) is 10.4. The summed E-state index contributed by atoms with van der Waals surface area (Å²) in [5.74, 6) is 1.93. The van der Waals surface area contributed by atoms with Gasteiger partial charge in [-0.25, -0.2) is 4.98 Å². The summed E-state index contributed by atoms with van der Waals surface area (Å²) in [5.41, 5.74) is 1.04. The lowest BCUT2D eigenvalue weighted by Crippen LogP contribution is -3.00. The second-order valence-corrected chi connectivity index (χ2v) is 5.83. The molecule has 1 saturated heterocycles. The van der Waals surface area contributed by atoms with Crippen LogP contribution in [-0.2, 0) is 0 Å². The standard InChI is InChI=1S/C17H25N5.ClH/c1-4-21(5-2)16-14-8-6-7-9-15(14)18-17(19-16)22-12-10-20(3)11-13-22;/h6-9H,4-5,10-13H2,1-3H3;1H/p-1. The average molecular weight is 335 g/mol. The van der Waals surface area contributed by atoms with Gasteiger partial charge in [0, 0.05) is 44.7 Å². The number of piperazine rings is 1. The van der Waals surface area contributed by atoms with Crippen molar-refractivity contribution in [3.05, 3.63) is 24.3 Å². The van der Waals surface area contributed by atoms with Gasteiger partial charge in [0.25, 0.3) is 0 Å². The van der Waals surface area contributed by atoms with Gasteiger partial charge in [0.15, 0.2) is 0 Å². The van der Waals surface area contributed by atoms with Crippen molar-refractivity contribution in [3.63, 3.8) is 0 Å². The minimum Gasteiger partial charge on any atom is -1.00 e. The van der Waals surface area contributed by atoms with Gasteiger partial charge >= 0.3 is 0 Å². The number of fused-ring (bicyclic) bond motifs is 1. The van der Waals surface area contributed by atoms with E-state index < -0.39 is 0 Å². The van der Waals surface area contributed by atoms with Gasteiger partial charge in [0.05, 0.1) is 5.52 Å². The smallest absolute Gasteiger partial charge is 0.227 e. The number of hydrogen-bond donors (Lipinski definition) is 0. The number of nitrogens with zero attached hydrogens (tertiary/aromatic N) is 5. The molecule has 1 aliphatic rings. The second-order valence-electron chi connectivity index (χ2n) is 5.83. The number of aromatic nitrogens is 2. The van der Waals surface area contributed by atoms with Crippen molar-refractivity contribution in [1.29, 1.82) is 0 Å². The van der Waals surface area contributed by atoms with Gasteiger partial charge in [-0.3, -0.25) is 0 Å². The van der Waals surface area contributed by atoms with Crippen molar-refractivity contribution in [2.45, 2.75) is 13.8 Å². The topological polar surface area (TPSA) is 35.5 Å². The molecule has 1 aromatic carbocycles. The van der Waals surface area contributed by atoms with Crippen LogP contribution in [0.15, 0.2) is 24.3 Å². The summed E-state index contributed by atoms with van der Waals surface area (Å²) in [6.07, 6.45) is 0. The highest BCUT2D eigenvalue weighted by Crippen LogP contribution is 2.26. The van der Waals surface area contributed by atoms with Crippen LogP contribution in [0.4, 0.5) is 11.8 Å². The largest absolute Gasteiger partial charge is 1.00 e. The molecule has 0 radical (unpaired) electrons. The number of anilines is 2. The average Bonchev–Trinajstić information content (AvgIpc) is 2.56. The van der Waals surface area contributed by atoms with E-state index in [1.165, 1.54) is 0 Å². The number of rotatable bonds is 4. The summed E-state index contributed by atoms with van der Waals surface area (Å²) in [5, 5.41) is 1.14. The van der Waals surface area contributed by atoms with Crippen LogP contribution >= 0.6 is 0 Å². The molecular weight excluding hydrogens is 310 g/mol. The first-order chi connectivity index (χ1) is 10.7. The molecule has 126 valence electrons. The molecule has 0 aliphatic carbocycles. The third-order valence-corrected chi connectivity index (χ3v) is 4.42. The van der Waals surface area contributed by atoms with Crippen molar-refractivity contribution < 1.29 is 12.4 Å². The van der Waals surface area contributed by atoms with Gasteiger partial charge in [-0.1, -0.05) is 12.1 Å². The molecular formula is C17H25ClN5-. The van der Waals surface area contributed by atoms with E-state index >= 15 is 0 Å². The minimum absolute atomic E-state index is 0. The van der Waals surface area contributed by atoms with Crippen LogP contribution in [-0.4, -0.2) is 61.2 Å². The van der Waals surface area contributed by atoms with Crippen molar-refractivity contribution in [1.82, 2.24) is 14.9 Å². The normalized spacial score (nSPS) is 15.5. The van der Waals surface area contributed by atoms with Crippen LogP contribution in [0.5, 0.6) is 0 Å². The van der Waals surface area contributed by atoms with E-state index in [1.807, 2.05) is 0 Å². The predicted octanol–water partition coefficient (Wildman–Crippen LogP) is -0.768. The lowest BCUT2D eigenvalue weighted by molar-refractivity contribution is -0.00000473. The maximum absolute atomic E-state index is 4.91. The summed E-state index contributed by atoms with van der Waals surface area (Å²) in [6, 6.07) is 8.32. The van der Waals surface area contributed by atoms with Gasteiger partial charge in [-0.05, 0) is 33.0 Å². The molecule has 0 N–H and O–H groups in total. The number of hydrogen-bond acceptors (Lipinski definition) is 5. The van der Waals surface area contributed by atoms with Gasteiger partial charge in [0.2, 0.25) is 5.95 Å². The lowest BCUT2D eigenvalue weighted by atomic mass is 10.2. The molecule has 3 rings (SSSR count). The zero-order valence-corrected chi connectivity index (χ0v) is 14.9. The lowest BCUT2D eigenvalue weighted by Gasteiger charge is -2.33. The van der Waals surface area contributed by atoms with Gasteiger partial charge < -0.3 is 27.1 Å². The van der Waals surface area contributed by atoms with E-state index in [0.29, 0.717) is 0 Å². The Morgan fingerprint density at radius 2 is 1.65 bits per heavy atom. The Morgan fingerprint density at radius 1 is 1.00 bits per heavy atom. The Bertz CT molecular complexity index is 636. The third kappa shape index (κ3) is 3.67. The Balaban J connectivity index is 0.00000192. The molecule has 0 unspecified atom stereocenters. The number of likely N-dealkylation sites (N-methyl/N-ethyl adjacent to an activating group) is 1. The molecule has 1 aromatic heterocycles. The van der Waals surface area contributed by atoms with Crippen molar-refractivity contribution >= 4 is 22.7 Å². The van der Waals surface area contributed by atoms with Gasteiger partial charge in [-0.2, -0.15) is 4.98 Å². The van der Waals surface area contributed by atoms with E-state index in [0.717, 1.165) is 61.9 Å². The fraction of sp³-hybridized carbons (Fsp3) is 0.529. The fourth-order valence-electron chi connectivity index (χ4n) is 2.96. The van der Waals surface area contributed by atoms with E-state index in [-0.39, 0.29) is 12.4 Å². The number of para-hydroxylation sites is 1. The molecule has 5 nitrogen and oxygen atoms in total. The fourth-order valence-corrected chi connectivity index (χ4v) is 2.96. The molecule has 23 heavy (non-hydrogen) atoms. The minimum atomic E-state index is 0. The van der Waals surface area contributed by atoms with E-state index in [2.05, 4.69) is 59.9 Å². The highest BCUT2D eigenvalue weighted by molar-refractivity contribution is 5.90. The zero-order valence-electron chi connectivity index (χ0n) is 14.2. The van der Waals surface area contributed by atoms with E-state index in [1.54, 1.807) is 0 Å². The maximum atomic E-state index is 4.91. The first-order valence-corrected chi connectivity index (χ1v) is 8.18. The van der Waals surface area contributed by atoms with Gasteiger partial charge in [0.1, 0.15) is 5.82 Å². The summed E-state index contributed by atoms with van der Waals surface area (Å²) in [7, 11) is 2.17. The molecule has 1 fully saturated rings. The van der Waals surface area contributed by atoms with Crippen molar-refractivity contribution in [3.8, 4) is 0 Å². The van der Waals surface area contributed by atoms with E-state index in [9.17, 15) is 0 Å². The highest BCUT2D eigenvalue weighted by Gasteiger charge is 2.19. The van der Waals surface area contributed by atoms with Crippen LogP contribution in [0, 0.1) is 0 Å². The quantitative estimate of drug-likeness (QED) is 0.734. The number of halogens is 1. The maximum Gasteiger partial charge on any atom is 0.227 e. The Morgan fingerprint density at radius 3 is 2.30 bits per heavy atom. The summed E-state index contributed by atoms with van der Waals surface area (Å²) < 4.78 is 0. The molecule has 2 aromatic rings. The van der Waals surface area contributed by atoms with Crippen molar-refractivity contribution in [2.75, 3.05) is 56.1 Å².